The summed E-state index contributed by atoms with van der Waals surface area (Å²) in [6.07, 6.45) is 2.00. The van der Waals surface area contributed by atoms with E-state index < -0.39 is 8.32 Å². The van der Waals surface area contributed by atoms with Crippen LogP contribution in [0.5, 0.6) is 6.01 Å². The Morgan fingerprint density at radius 1 is 1.40 bits per heavy atom. The first-order chi connectivity index (χ1) is 11.6. The molecule has 0 amide bonds. The number of hydrogen-bond acceptors (Lipinski definition) is 6. The average Bonchev–Trinajstić information content (AvgIpc) is 2.84. The topological polar surface area (TPSA) is 71.8 Å². The molecule has 3 atom stereocenters. The van der Waals surface area contributed by atoms with Crippen molar-refractivity contribution in [2.45, 2.75) is 70.4 Å². The van der Waals surface area contributed by atoms with Crippen molar-refractivity contribution >= 4 is 8.32 Å². The van der Waals surface area contributed by atoms with Gasteiger partial charge in [0.05, 0.1) is 18.8 Å². The van der Waals surface area contributed by atoms with Crippen LogP contribution in [0.3, 0.4) is 0 Å². The zero-order valence-corrected chi connectivity index (χ0v) is 16.9. The summed E-state index contributed by atoms with van der Waals surface area (Å²) in [7, 11) is -0.297. The van der Waals surface area contributed by atoms with Gasteiger partial charge in [0.1, 0.15) is 18.4 Å². The Bertz CT molecular complexity index is 697. The monoisotopic (exact) mass is 368 g/mol. The summed E-state index contributed by atoms with van der Waals surface area (Å²) in [6, 6.07) is 0.320. The molecular formula is C17H28N2O5Si. The number of fused-ring (bicyclic) bond motifs is 4. The van der Waals surface area contributed by atoms with Crippen molar-refractivity contribution in [1.82, 2.24) is 9.55 Å². The van der Waals surface area contributed by atoms with Crippen LogP contribution in [0.1, 0.15) is 39.0 Å². The molecule has 0 N–H and O–H groups in total. The summed E-state index contributed by atoms with van der Waals surface area (Å²) < 4.78 is 25.2. The molecule has 1 fully saturated rings. The molecule has 2 aliphatic heterocycles. The molecule has 0 saturated carbocycles. The van der Waals surface area contributed by atoms with Crippen LogP contribution in [-0.4, -0.2) is 43.8 Å². The fourth-order valence-electron chi connectivity index (χ4n) is 2.83. The van der Waals surface area contributed by atoms with E-state index in [2.05, 4.69) is 38.8 Å². The Morgan fingerprint density at radius 3 is 2.76 bits per heavy atom. The van der Waals surface area contributed by atoms with E-state index in [0.717, 1.165) is 6.42 Å². The highest BCUT2D eigenvalue weighted by Crippen LogP contribution is 2.40. The van der Waals surface area contributed by atoms with Crippen LogP contribution in [-0.2, 0) is 20.5 Å². The third kappa shape index (κ3) is 3.53. The summed E-state index contributed by atoms with van der Waals surface area (Å²) in [5.74, 6) is 0. The van der Waals surface area contributed by atoms with Crippen LogP contribution in [0.2, 0.25) is 18.1 Å². The maximum atomic E-state index is 12.0. The summed E-state index contributed by atoms with van der Waals surface area (Å²) in [6.45, 7) is 11.8. The lowest BCUT2D eigenvalue weighted by molar-refractivity contribution is -0.0221. The Kier molecular flexibility index (Phi) is 4.82. The second-order valence-electron chi connectivity index (χ2n) is 8.29. The summed E-state index contributed by atoms with van der Waals surface area (Å²) in [5.41, 5.74) is 0.182. The van der Waals surface area contributed by atoms with E-state index in [1.165, 1.54) is 0 Å². The van der Waals surface area contributed by atoms with Gasteiger partial charge in [0.2, 0.25) is 0 Å². The van der Waals surface area contributed by atoms with Crippen molar-refractivity contribution in [2.24, 2.45) is 0 Å². The molecule has 2 bridgehead atoms. The molecule has 0 spiro atoms. The molecule has 1 aromatic heterocycles. The van der Waals surface area contributed by atoms with Crippen LogP contribution in [0.4, 0.5) is 0 Å². The van der Waals surface area contributed by atoms with Crippen LogP contribution in [0.25, 0.3) is 0 Å². The summed E-state index contributed by atoms with van der Waals surface area (Å²) >= 11 is 0. The Balaban J connectivity index is 1.73. The van der Waals surface area contributed by atoms with Gasteiger partial charge in [-0.3, -0.25) is 9.36 Å². The number of ether oxygens (including phenoxy) is 3. The highest BCUT2D eigenvalue weighted by atomic mass is 28.4. The van der Waals surface area contributed by atoms with Gasteiger partial charge in [-0.25, -0.2) is 0 Å². The number of nitrogens with zero attached hydrogens (tertiary/aromatic N) is 2. The fourth-order valence-corrected chi connectivity index (χ4v) is 3.84. The van der Waals surface area contributed by atoms with Crippen LogP contribution in [0.15, 0.2) is 11.0 Å². The molecule has 0 unspecified atom stereocenters. The second kappa shape index (κ2) is 6.50. The van der Waals surface area contributed by atoms with Gasteiger partial charge in [0.25, 0.3) is 5.56 Å². The molecule has 2 aliphatic rings. The lowest BCUT2D eigenvalue weighted by Crippen LogP contribution is -2.44. The Morgan fingerprint density at radius 2 is 2.12 bits per heavy atom. The molecule has 7 nitrogen and oxygen atoms in total. The number of rotatable bonds is 5. The van der Waals surface area contributed by atoms with Gasteiger partial charge in [-0.1, -0.05) is 20.8 Å². The Labute approximate surface area is 149 Å². The first-order valence-corrected chi connectivity index (χ1v) is 11.6. The molecular weight excluding hydrogens is 340 g/mol. The molecule has 0 aliphatic carbocycles. The van der Waals surface area contributed by atoms with Gasteiger partial charge in [-0.2, -0.15) is 4.98 Å². The average molecular weight is 369 g/mol. The minimum absolute atomic E-state index is 0.130. The lowest BCUT2D eigenvalue weighted by Gasteiger charge is -2.37. The van der Waals surface area contributed by atoms with Gasteiger partial charge in [-0.15, -0.1) is 0 Å². The predicted molar refractivity (Wildman–Crippen MR) is 95.3 cm³/mol. The van der Waals surface area contributed by atoms with Crippen molar-refractivity contribution in [2.75, 3.05) is 13.7 Å². The normalized spacial score (nSPS) is 25.6. The molecule has 0 aromatic carbocycles. The van der Waals surface area contributed by atoms with Crippen molar-refractivity contribution < 1.29 is 18.6 Å². The van der Waals surface area contributed by atoms with E-state index in [9.17, 15) is 4.79 Å². The summed E-state index contributed by atoms with van der Waals surface area (Å²) in [5, 5.41) is 0.146. The fraction of sp³-hybridized carbons (Fsp3) is 0.765. The predicted octanol–water partition coefficient (Wildman–Crippen LogP) is 2.46. The van der Waals surface area contributed by atoms with Gasteiger partial charge < -0.3 is 18.6 Å². The summed E-state index contributed by atoms with van der Waals surface area (Å²) in [4.78, 5) is 16.1. The standard InChI is InChI=1S/C17H28N2O5Si/c1-17(2,3)25(5,6)22-10-13-12-7-14(23-13)19-8-11(9-21-4)15(20)18-16(19)24-12/h8,12-14H,7,9-10H2,1-6H3/t12-,13-,14-/m1/s1. The van der Waals surface area contributed by atoms with Crippen LogP contribution in [0, 0.1) is 0 Å². The first kappa shape index (κ1) is 18.6. The molecule has 1 aromatic rings. The van der Waals surface area contributed by atoms with Crippen molar-refractivity contribution in [1.29, 1.82) is 0 Å². The highest BCUT2D eigenvalue weighted by molar-refractivity contribution is 6.74. The molecule has 3 heterocycles. The lowest BCUT2D eigenvalue weighted by atomic mass is 10.1. The smallest absolute Gasteiger partial charge is 0.302 e. The van der Waals surface area contributed by atoms with Crippen LogP contribution >= 0.6 is 0 Å². The minimum atomic E-state index is -1.85. The van der Waals surface area contributed by atoms with Gasteiger partial charge >= 0.3 is 6.01 Å². The van der Waals surface area contributed by atoms with Gasteiger partial charge in [0.15, 0.2) is 8.32 Å². The molecule has 8 heteroatoms. The van der Waals surface area contributed by atoms with Gasteiger partial charge in [0, 0.05) is 19.7 Å². The Hall–Kier alpha value is -1.22. The van der Waals surface area contributed by atoms with E-state index >= 15 is 0 Å². The highest BCUT2D eigenvalue weighted by Gasteiger charge is 2.45. The second-order valence-corrected chi connectivity index (χ2v) is 13.1. The zero-order valence-electron chi connectivity index (χ0n) is 15.9. The van der Waals surface area contributed by atoms with E-state index in [4.69, 9.17) is 18.6 Å². The van der Waals surface area contributed by atoms with E-state index in [1.54, 1.807) is 17.9 Å². The third-order valence-corrected chi connectivity index (χ3v) is 9.95. The van der Waals surface area contributed by atoms with E-state index in [1.807, 2.05) is 0 Å². The van der Waals surface area contributed by atoms with E-state index in [-0.39, 0.29) is 35.6 Å². The number of hydrogen-bond donors (Lipinski definition) is 0. The largest absolute Gasteiger partial charge is 0.458 e. The molecule has 1 saturated heterocycles. The number of methoxy groups -OCH3 is 1. The van der Waals surface area contributed by atoms with Crippen molar-refractivity contribution in [3.63, 3.8) is 0 Å². The SMILES string of the molecule is COCc1cn2c(nc1=O)O[C@@H]1C[C@H]2O[C@@H]1CO[Si](C)(C)C(C)(C)C. The minimum Gasteiger partial charge on any atom is -0.458 e. The third-order valence-electron chi connectivity index (χ3n) is 5.45. The van der Waals surface area contributed by atoms with Crippen molar-refractivity contribution in [3.8, 4) is 6.01 Å². The first-order valence-electron chi connectivity index (χ1n) is 8.69. The molecule has 140 valence electrons. The number of aromatic nitrogens is 2. The molecule has 3 rings (SSSR count). The van der Waals surface area contributed by atoms with Gasteiger partial charge in [-0.05, 0) is 18.1 Å². The van der Waals surface area contributed by atoms with Crippen LogP contribution < -0.4 is 10.3 Å². The maximum absolute atomic E-state index is 12.0. The quantitative estimate of drug-likeness (QED) is 0.744. The molecule has 25 heavy (non-hydrogen) atoms. The zero-order chi connectivity index (χ0) is 18.4. The molecule has 0 radical (unpaired) electrons. The van der Waals surface area contributed by atoms with Crippen molar-refractivity contribution in [3.05, 3.63) is 22.1 Å². The maximum Gasteiger partial charge on any atom is 0.302 e. The van der Waals surface area contributed by atoms with E-state index in [0.29, 0.717) is 18.2 Å².